The zero-order valence-corrected chi connectivity index (χ0v) is 12.0. The van der Waals surface area contributed by atoms with Crippen LogP contribution in [-0.2, 0) is 14.6 Å². The minimum Gasteiger partial charge on any atom is -0.327 e. The fraction of sp³-hybridized carbons (Fsp3) is 0.462. The molecule has 0 aliphatic heterocycles. The summed E-state index contributed by atoms with van der Waals surface area (Å²) in [5, 5.41) is 2.66. The molecule has 0 fully saturated rings. The van der Waals surface area contributed by atoms with Crippen molar-refractivity contribution in [2.75, 3.05) is 11.6 Å². The zero-order valence-electron chi connectivity index (χ0n) is 11.2. The number of anilines is 1. The fourth-order valence-electron chi connectivity index (χ4n) is 1.73. The van der Waals surface area contributed by atoms with Gasteiger partial charge in [0, 0.05) is 24.4 Å². The summed E-state index contributed by atoms with van der Waals surface area (Å²) >= 11 is 0. The van der Waals surface area contributed by atoms with Crippen LogP contribution in [-0.4, -0.2) is 26.6 Å². The van der Waals surface area contributed by atoms with Crippen molar-refractivity contribution in [2.45, 2.75) is 37.1 Å². The van der Waals surface area contributed by atoms with Gasteiger partial charge in [-0.1, -0.05) is 19.4 Å². The van der Waals surface area contributed by atoms with E-state index in [-0.39, 0.29) is 23.3 Å². The van der Waals surface area contributed by atoms with E-state index in [0.717, 1.165) is 19.1 Å². The van der Waals surface area contributed by atoms with Crippen molar-refractivity contribution in [3.8, 4) is 0 Å². The van der Waals surface area contributed by atoms with Crippen LogP contribution in [0.15, 0.2) is 29.2 Å². The molecule has 1 aromatic carbocycles. The van der Waals surface area contributed by atoms with Gasteiger partial charge in [-0.15, -0.1) is 0 Å². The predicted octanol–water partition coefficient (Wildman–Crippen LogP) is 1.55. The summed E-state index contributed by atoms with van der Waals surface area (Å²) in [6, 6.07) is 6.02. The molecule has 0 aromatic heterocycles. The van der Waals surface area contributed by atoms with Gasteiger partial charge in [0.2, 0.25) is 5.91 Å². The number of carbonyl (C=O) groups excluding carboxylic acids is 1. The van der Waals surface area contributed by atoms with E-state index in [1.807, 2.05) is 6.92 Å². The van der Waals surface area contributed by atoms with Crippen LogP contribution in [0.3, 0.4) is 0 Å². The van der Waals surface area contributed by atoms with Crippen LogP contribution in [0.1, 0.15) is 26.2 Å². The highest BCUT2D eigenvalue weighted by Gasteiger charge is 2.11. The number of nitrogens with two attached hydrogens (primary N) is 1. The Morgan fingerprint density at radius 3 is 2.68 bits per heavy atom. The lowest BCUT2D eigenvalue weighted by molar-refractivity contribution is -0.116. The van der Waals surface area contributed by atoms with Gasteiger partial charge < -0.3 is 11.1 Å². The molecular formula is C13H20N2O3S. The second-order valence-corrected chi connectivity index (χ2v) is 6.62. The average Bonchev–Trinajstić information content (AvgIpc) is 2.28. The highest BCUT2D eigenvalue weighted by Crippen LogP contribution is 2.15. The molecule has 0 aliphatic carbocycles. The summed E-state index contributed by atoms with van der Waals surface area (Å²) in [5.74, 6) is -0.202. The van der Waals surface area contributed by atoms with Crippen molar-refractivity contribution in [3.05, 3.63) is 24.3 Å². The van der Waals surface area contributed by atoms with E-state index in [9.17, 15) is 13.2 Å². The van der Waals surface area contributed by atoms with Gasteiger partial charge in [-0.2, -0.15) is 0 Å². The highest BCUT2D eigenvalue weighted by atomic mass is 32.2. The molecule has 0 aliphatic rings. The molecule has 1 rings (SSSR count). The number of amides is 1. The Morgan fingerprint density at radius 1 is 1.42 bits per heavy atom. The first-order chi connectivity index (χ1) is 8.82. The molecule has 1 aromatic rings. The first-order valence-corrected chi connectivity index (χ1v) is 8.07. The van der Waals surface area contributed by atoms with Crippen LogP contribution < -0.4 is 11.1 Å². The lowest BCUT2D eigenvalue weighted by Gasteiger charge is -2.11. The van der Waals surface area contributed by atoms with Crippen molar-refractivity contribution in [3.63, 3.8) is 0 Å². The molecule has 6 heteroatoms. The number of rotatable bonds is 6. The van der Waals surface area contributed by atoms with Crippen LogP contribution in [0.25, 0.3) is 0 Å². The van der Waals surface area contributed by atoms with Crippen molar-refractivity contribution in [1.82, 2.24) is 0 Å². The number of nitrogens with one attached hydrogen (secondary N) is 1. The fourth-order valence-corrected chi connectivity index (χ4v) is 2.39. The Balaban J connectivity index is 2.70. The molecule has 19 heavy (non-hydrogen) atoms. The standard InChI is InChI=1S/C13H20N2O3S/c1-3-5-10(14)8-13(16)15-11-6-4-7-12(9-11)19(2,17)18/h4,6-7,9-10H,3,5,8,14H2,1-2H3,(H,15,16). The maximum atomic E-state index is 11.7. The van der Waals surface area contributed by atoms with Crippen LogP contribution >= 0.6 is 0 Å². The first kappa shape index (κ1) is 15.7. The quantitative estimate of drug-likeness (QED) is 0.829. The number of benzene rings is 1. The summed E-state index contributed by atoms with van der Waals surface area (Å²) in [6.07, 6.45) is 3.08. The molecule has 0 bridgehead atoms. The Kier molecular flexibility index (Phi) is 5.50. The molecule has 106 valence electrons. The average molecular weight is 284 g/mol. The first-order valence-electron chi connectivity index (χ1n) is 6.18. The van der Waals surface area contributed by atoms with Gasteiger partial charge in [-0.3, -0.25) is 4.79 Å². The molecule has 0 saturated heterocycles. The van der Waals surface area contributed by atoms with E-state index >= 15 is 0 Å². The molecule has 0 radical (unpaired) electrons. The molecular weight excluding hydrogens is 264 g/mol. The monoisotopic (exact) mass is 284 g/mol. The molecule has 0 heterocycles. The number of carbonyl (C=O) groups is 1. The van der Waals surface area contributed by atoms with Gasteiger partial charge in [0.1, 0.15) is 0 Å². The topological polar surface area (TPSA) is 89.3 Å². The second-order valence-electron chi connectivity index (χ2n) is 4.60. The molecule has 0 saturated carbocycles. The second kappa shape index (κ2) is 6.68. The Morgan fingerprint density at radius 2 is 2.11 bits per heavy atom. The van der Waals surface area contributed by atoms with Gasteiger partial charge in [0.25, 0.3) is 0 Å². The zero-order chi connectivity index (χ0) is 14.5. The Labute approximate surface area is 114 Å². The van der Waals surface area contributed by atoms with Gasteiger partial charge >= 0.3 is 0 Å². The predicted molar refractivity (Wildman–Crippen MR) is 75.7 cm³/mol. The van der Waals surface area contributed by atoms with Crippen molar-refractivity contribution >= 4 is 21.4 Å². The van der Waals surface area contributed by atoms with Crippen molar-refractivity contribution in [2.24, 2.45) is 5.73 Å². The highest BCUT2D eigenvalue weighted by molar-refractivity contribution is 7.90. The summed E-state index contributed by atoms with van der Waals surface area (Å²) in [7, 11) is -3.27. The van der Waals surface area contributed by atoms with E-state index in [0.29, 0.717) is 5.69 Å². The minimum absolute atomic E-state index is 0.164. The lowest BCUT2D eigenvalue weighted by Crippen LogP contribution is -2.26. The Hall–Kier alpha value is -1.40. The van der Waals surface area contributed by atoms with Crippen molar-refractivity contribution < 1.29 is 13.2 Å². The minimum atomic E-state index is -3.27. The summed E-state index contributed by atoms with van der Waals surface area (Å²) in [4.78, 5) is 11.9. The molecule has 1 amide bonds. The number of hydrogen-bond acceptors (Lipinski definition) is 4. The molecule has 1 unspecified atom stereocenters. The van der Waals surface area contributed by atoms with Gasteiger partial charge in [0.15, 0.2) is 9.84 Å². The lowest BCUT2D eigenvalue weighted by atomic mass is 10.1. The summed E-state index contributed by atoms with van der Waals surface area (Å²) in [5.41, 5.74) is 6.25. The van der Waals surface area contributed by atoms with E-state index < -0.39 is 9.84 Å². The van der Waals surface area contributed by atoms with Crippen LogP contribution in [0.5, 0.6) is 0 Å². The normalized spacial score (nSPS) is 13.0. The van der Waals surface area contributed by atoms with E-state index in [1.165, 1.54) is 12.1 Å². The third-order valence-corrected chi connectivity index (χ3v) is 3.76. The number of hydrogen-bond donors (Lipinski definition) is 2. The van der Waals surface area contributed by atoms with E-state index in [4.69, 9.17) is 5.73 Å². The van der Waals surface area contributed by atoms with Crippen LogP contribution in [0.4, 0.5) is 5.69 Å². The number of sulfone groups is 1. The van der Waals surface area contributed by atoms with Crippen LogP contribution in [0.2, 0.25) is 0 Å². The van der Waals surface area contributed by atoms with E-state index in [1.54, 1.807) is 12.1 Å². The smallest absolute Gasteiger partial charge is 0.225 e. The van der Waals surface area contributed by atoms with Gasteiger partial charge in [-0.05, 0) is 24.6 Å². The molecule has 3 N–H and O–H groups in total. The van der Waals surface area contributed by atoms with Crippen LogP contribution in [0, 0.1) is 0 Å². The maximum absolute atomic E-state index is 11.7. The van der Waals surface area contributed by atoms with Gasteiger partial charge in [0.05, 0.1) is 4.90 Å². The third-order valence-electron chi connectivity index (χ3n) is 2.65. The third kappa shape index (κ3) is 5.40. The van der Waals surface area contributed by atoms with E-state index in [2.05, 4.69) is 5.32 Å². The molecule has 5 nitrogen and oxygen atoms in total. The molecule has 0 spiro atoms. The van der Waals surface area contributed by atoms with Gasteiger partial charge in [-0.25, -0.2) is 8.42 Å². The maximum Gasteiger partial charge on any atom is 0.225 e. The summed E-state index contributed by atoms with van der Waals surface area (Å²) in [6.45, 7) is 2.01. The summed E-state index contributed by atoms with van der Waals surface area (Å²) < 4.78 is 22.8. The SMILES string of the molecule is CCCC(N)CC(=O)Nc1cccc(S(C)(=O)=O)c1. The largest absolute Gasteiger partial charge is 0.327 e. The Bertz CT molecular complexity index is 541. The molecule has 1 atom stereocenters. The van der Waals surface area contributed by atoms with Crippen molar-refractivity contribution in [1.29, 1.82) is 0 Å².